The number of H-pyrrole nitrogens is 1. The zero-order valence-corrected chi connectivity index (χ0v) is 16.5. The van der Waals surface area contributed by atoms with E-state index in [1.54, 1.807) is 25.3 Å². The standard InChI is InChI=1S/C24H23N3O2/c1-3-29-24(28)17-11-13-18(14-12-17)27-23(21-10-6-7-15-25-21)22-16(2)26-20-9-5-4-8-19(20)22/h4-15,23,26-27H,3H2,1-2H3. The summed E-state index contributed by atoms with van der Waals surface area (Å²) in [5, 5.41) is 4.76. The minimum absolute atomic E-state index is 0.138. The van der Waals surface area contributed by atoms with Crippen molar-refractivity contribution in [2.75, 3.05) is 11.9 Å². The number of aromatic amines is 1. The van der Waals surface area contributed by atoms with Crippen LogP contribution in [0.25, 0.3) is 10.9 Å². The third-order valence-electron chi connectivity index (χ3n) is 4.92. The van der Waals surface area contributed by atoms with Crippen LogP contribution in [0.1, 0.15) is 40.3 Å². The molecule has 0 aliphatic heterocycles. The van der Waals surface area contributed by atoms with Crippen LogP contribution >= 0.6 is 0 Å². The van der Waals surface area contributed by atoms with Gasteiger partial charge in [-0.15, -0.1) is 0 Å². The maximum Gasteiger partial charge on any atom is 0.338 e. The molecule has 2 aromatic carbocycles. The second kappa shape index (κ2) is 8.19. The van der Waals surface area contributed by atoms with Gasteiger partial charge in [-0.1, -0.05) is 24.3 Å². The number of para-hydroxylation sites is 1. The quantitative estimate of drug-likeness (QED) is 0.445. The van der Waals surface area contributed by atoms with Crippen molar-refractivity contribution < 1.29 is 9.53 Å². The van der Waals surface area contributed by atoms with Crippen molar-refractivity contribution in [3.8, 4) is 0 Å². The summed E-state index contributed by atoms with van der Waals surface area (Å²) < 4.78 is 5.07. The summed E-state index contributed by atoms with van der Waals surface area (Å²) >= 11 is 0. The number of ether oxygens (including phenoxy) is 1. The molecule has 0 aliphatic rings. The third kappa shape index (κ3) is 3.85. The molecule has 0 fully saturated rings. The van der Waals surface area contributed by atoms with Gasteiger partial charge in [0.15, 0.2) is 0 Å². The summed E-state index contributed by atoms with van der Waals surface area (Å²) in [4.78, 5) is 20.0. The number of benzene rings is 2. The van der Waals surface area contributed by atoms with E-state index in [9.17, 15) is 4.79 Å². The first-order valence-electron chi connectivity index (χ1n) is 9.69. The average Bonchev–Trinajstić information content (AvgIpc) is 3.09. The summed E-state index contributed by atoms with van der Waals surface area (Å²) in [6.07, 6.45) is 1.80. The van der Waals surface area contributed by atoms with Crippen LogP contribution < -0.4 is 5.32 Å². The number of nitrogens with one attached hydrogen (secondary N) is 2. The molecule has 2 heterocycles. The van der Waals surface area contributed by atoms with E-state index in [0.29, 0.717) is 12.2 Å². The first-order valence-corrected chi connectivity index (χ1v) is 9.69. The van der Waals surface area contributed by atoms with Crippen LogP contribution in [-0.4, -0.2) is 22.5 Å². The number of anilines is 1. The van der Waals surface area contributed by atoms with Gasteiger partial charge in [0.25, 0.3) is 0 Å². The Labute approximate surface area is 169 Å². The van der Waals surface area contributed by atoms with Gasteiger partial charge in [-0.25, -0.2) is 4.79 Å². The smallest absolute Gasteiger partial charge is 0.338 e. The Hall–Kier alpha value is -3.60. The fraction of sp³-hybridized carbons (Fsp3) is 0.167. The maximum atomic E-state index is 11.9. The number of rotatable bonds is 6. The molecular formula is C24H23N3O2. The molecule has 0 saturated carbocycles. The van der Waals surface area contributed by atoms with Gasteiger partial charge in [0, 0.05) is 34.0 Å². The van der Waals surface area contributed by atoms with Gasteiger partial charge >= 0.3 is 5.97 Å². The maximum absolute atomic E-state index is 11.9. The molecule has 0 spiro atoms. The molecule has 146 valence electrons. The van der Waals surface area contributed by atoms with Crippen LogP contribution in [0.5, 0.6) is 0 Å². The molecule has 4 rings (SSSR count). The third-order valence-corrected chi connectivity index (χ3v) is 4.92. The Kier molecular flexibility index (Phi) is 5.29. The number of hydrogen-bond acceptors (Lipinski definition) is 4. The van der Waals surface area contributed by atoms with Crippen LogP contribution in [0.2, 0.25) is 0 Å². The van der Waals surface area contributed by atoms with E-state index in [0.717, 1.165) is 33.5 Å². The second-order valence-corrected chi connectivity index (χ2v) is 6.84. The number of nitrogens with zero attached hydrogens (tertiary/aromatic N) is 1. The zero-order chi connectivity index (χ0) is 20.2. The normalized spacial score (nSPS) is 11.9. The van der Waals surface area contributed by atoms with Gasteiger partial charge in [-0.3, -0.25) is 4.98 Å². The molecule has 0 amide bonds. The van der Waals surface area contributed by atoms with E-state index >= 15 is 0 Å². The van der Waals surface area contributed by atoms with Gasteiger partial charge in [-0.05, 0) is 56.3 Å². The molecule has 0 bridgehead atoms. The molecule has 29 heavy (non-hydrogen) atoms. The number of aryl methyl sites for hydroxylation is 1. The number of fused-ring (bicyclic) bond motifs is 1. The van der Waals surface area contributed by atoms with Gasteiger partial charge in [0.2, 0.25) is 0 Å². The molecule has 5 nitrogen and oxygen atoms in total. The average molecular weight is 385 g/mol. The van der Waals surface area contributed by atoms with E-state index in [-0.39, 0.29) is 12.0 Å². The van der Waals surface area contributed by atoms with Crippen molar-refractivity contribution in [3.63, 3.8) is 0 Å². The molecule has 1 unspecified atom stereocenters. The van der Waals surface area contributed by atoms with Crippen molar-refractivity contribution in [2.45, 2.75) is 19.9 Å². The fourth-order valence-corrected chi connectivity index (χ4v) is 3.59. The van der Waals surface area contributed by atoms with Gasteiger partial charge in [0.05, 0.1) is 23.9 Å². The summed E-state index contributed by atoms with van der Waals surface area (Å²) in [5.41, 5.74) is 5.72. The minimum Gasteiger partial charge on any atom is -0.462 e. The first kappa shape index (κ1) is 18.7. The van der Waals surface area contributed by atoms with Crippen LogP contribution in [0.15, 0.2) is 72.9 Å². The molecule has 0 aliphatic carbocycles. The molecular weight excluding hydrogens is 362 g/mol. The lowest BCUT2D eigenvalue weighted by atomic mass is 9.99. The molecule has 2 N–H and O–H groups in total. The largest absolute Gasteiger partial charge is 0.462 e. The Balaban J connectivity index is 1.73. The van der Waals surface area contributed by atoms with Crippen molar-refractivity contribution in [1.29, 1.82) is 0 Å². The van der Waals surface area contributed by atoms with E-state index in [1.807, 2.05) is 42.5 Å². The zero-order valence-electron chi connectivity index (χ0n) is 16.5. The molecule has 1 atom stereocenters. The second-order valence-electron chi connectivity index (χ2n) is 6.84. The van der Waals surface area contributed by atoms with Gasteiger partial charge < -0.3 is 15.0 Å². The highest BCUT2D eigenvalue weighted by Crippen LogP contribution is 2.33. The Morgan fingerprint density at radius 3 is 2.55 bits per heavy atom. The number of hydrogen-bond donors (Lipinski definition) is 2. The van der Waals surface area contributed by atoms with Crippen molar-refractivity contribution in [3.05, 3.63) is 95.4 Å². The molecule has 0 saturated heterocycles. The first-order chi connectivity index (χ1) is 14.2. The molecule has 0 radical (unpaired) electrons. The number of pyridine rings is 1. The summed E-state index contributed by atoms with van der Waals surface area (Å²) in [6.45, 7) is 4.24. The Morgan fingerprint density at radius 2 is 1.83 bits per heavy atom. The lowest BCUT2D eigenvalue weighted by Crippen LogP contribution is -2.15. The minimum atomic E-state index is -0.312. The number of carbonyl (C=O) groups excluding carboxylic acids is 1. The van der Waals surface area contributed by atoms with Crippen LogP contribution in [0.3, 0.4) is 0 Å². The Morgan fingerprint density at radius 1 is 1.07 bits per heavy atom. The monoisotopic (exact) mass is 385 g/mol. The highest BCUT2D eigenvalue weighted by molar-refractivity contribution is 5.90. The van der Waals surface area contributed by atoms with Crippen LogP contribution in [-0.2, 0) is 4.74 Å². The van der Waals surface area contributed by atoms with E-state index in [2.05, 4.69) is 34.3 Å². The van der Waals surface area contributed by atoms with Gasteiger partial charge in [0.1, 0.15) is 0 Å². The lowest BCUT2D eigenvalue weighted by Gasteiger charge is -2.21. The highest BCUT2D eigenvalue weighted by atomic mass is 16.5. The predicted octanol–water partition coefficient (Wildman–Crippen LogP) is 5.25. The van der Waals surface area contributed by atoms with E-state index < -0.39 is 0 Å². The highest BCUT2D eigenvalue weighted by Gasteiger charge is 2.22. The molecule has 5 heteroatoms. The predicted molar refractivity (Wildman–Crippen MR) is 115 cm³/mol. The molecule has 4 aromatic rings. The number of esters is 1. The summed E-state index contributed by atoms with van der Waals surface area (Å²) in [5.74, 6) is -0.312. The Bertz CT molecular complexity index is 1120. The SMILES string of the molecule is CCOC(=O)c1ccc(NC(c2ccccn2)c2c(C)[nH]c3ccccc23)cc1. The lowest BCUT2D eigenvalue weighted by molar-refractivity contribution is 0.0526. The fourth-order valence-electron chi connectivity index (χ4n) is 3.59. The van der Waals surface area contributed by atoms with E-state index in [4.69, 9.17) is 4.74 Å². The van der Waals surface area contributed by atoms with Crippen LogP contribution in [0, 0.1) is 6.92 Å². The topological polar surface area (TPSA) is 67.0 Å². The number of aromatic nitrogens is 2. The summed E-state index contributed by atoms with van der Waals surface area (Å²) in [6, 6.07) is 21.4. The van der Waals surface area contributed by atoms with Crippen molar-refractivity contribution >= 4 is 22.6 Å². The van der Waals surface area contributed by atoms with E-state index in [1.165, 1.54) is 0 Å². The van der Waals surface area contributed by atoms with Crippen molar-refractivity contribution in [2.24, 2.45) is 0 Å². The van der Waals surface area contributed by atoms with Crippen LogP contribution in [0.4, 0.5) is 5.69 Å². The molecule has 2 aromatic heterocycles. The summed E-state index contributed by atoms with van der Waals surface area (Å²) in [7, 11) is 0. The number of carbonyl (C=O) groups is 1. The van der Waals surface area contributed by atoms with Crippen molar-refractivity contribution in [1.82, 2.24) is 9.97 Å². The van der Waals surface area contributed by atoms with Gasteiger partial charge in [-0.2, -0.15) is 0 Å².